The van der Waals surface area contributed by atoms with Gasteiger partial charge in [-0.15, -0.1) is 10.2 Å². The Balaban J connectivity index is 1.52. The van der Waals surface area contributed by atoms with E-state index < -0.39 is 0 Å². The molecule has 4 rings (SSSR count). The molecule has 0 bridgehead atoms. The third-order valence-electron chi connectivity index (χ3n) is 4.99. The summed E-state index contributed by atoms with van der Waals surface area (Å²) >= 11 is 3.92. The first kappa shape index (κ1) is 26.1. The molecule has 0 aliphatic heterocycles. The molecular weight excluding hydrogens is 517 g/mol. The van der Waals surface area contributed by atoms with Gasteiger partial charge in [0.1, 0.15) is 35.2 Å². The lowest BCUT2D eigenvalue weighted by Crippen LogP contribution is -2.23. The highest BCUT2D eigenvalue weighted by molar-refractivity contribution is 7.99. The van der Waals surface area contributed by atoms with Crippen molar-refractivity contribution in [3.8, 4) is 5.75 Å². The summed E-state index contributed by atoms with van der Waals surface area (Å²) in [7, 11) is 3.92. The van der Waals surface area contributed by atoms with Gasteiger partial charge in [0.25, 0.3) is 5.91 Å². The zero-order valence-corrected chi connectivity index (χ0v) is 22.8. The Bertz CT molecular complexity index is 1310. The van der Waals surface area contributed by atoms with E-state index in [9.17, 15) is 4.79 Å². The zero-order chi connectivity index (χ0) is 25.5. The van der Waals surface area contributed by atoms with Crippen LogP contribution in [-0.4, -0.2) is 66.7 Å². The van der Waals surface area contributed by atoms with Gasteiger partial charge >= 0.3 is 0 Å². The number of hydrogen-bond donors (Lipinski definition) is 1. The molecule has 36 heavy (non-hydrogen) atoms. The number of amides is 1. The first-order valence-corrected chi connectivity index (χ1v) is 13.6. The number of benzene rings is 1. The summed E-state index contributed by atoms with van der Waals surface area (Å²) in [5.74, 6) is 1.06. The Kier molecular flexibility index (Phi) is 8.91. The number of carbonyl (C=O) groups is 1. The quantitative estimate of drug-likeness (QED) is 0.295. The van der Waals surface area contributed by atoms with Crippen LogP contribution < -0.4 is 10.1 Å². The van der Waals surface area contributed by atoms with Gasteiger partial charge in [-0.2, -0.15) is 4.37 Å². The smallest absolute Gasteiger partial charge is 0.277 e. The molecule has 188 valence electrons. The Labute approximate surface area is 222 Å². The maximum atomic E-state index is 13.2. The fourth-order valence-corrected chi connectivity index (χ4v) is 5.11. The molecule has 0 aliphatic carbocycles. The number of ether oxygens (including phenoxy) is 1. The van der Waals surface area contributed by atoms with Crippen LogP contribution in [-0.2, 0) is 7.05 Å². The van der Waals surface area contributed by atoms with Crippen molar-refractivity contribution in [2.24, 2.45) is 7.05 Å². The van der Waals surface area contributed by atoms with Gasteiger partial charge in [0, 0.05) is 34.9 Å². The molecule has 0 saturated heterocycles. The number of likely N-dealkylation sites (N-methyl/N-ethyl adjacent to an activating group) is 1. The van der Waals surface area contributed by atoms with Crippen LogP contribution >= 0.6 is 35.1 Å². The Morgan fingerprint density at radius 1 is 1.17 bits per heavy atom. The van der Waals surface area contributed by atoms with Crippen molar-refractivity contribution in [3.05, 3.63) is 54.2 Å². The molecule has 1 aromatic carbocycles. The van der Waals surface area contributed by atoms with Gasteiger partial charge in [-0.1, -0.05) is 18.7 Å². The summed E-state index contributed by atoms with van der Waals surface area (Å²) in [6, 6.07) is 11.6. The van der Waals surface area contributed by atoms with Crippen LogP contribution in [0, 0.1) is 6.92 Å². The van der Waals surface area contributed by atoms with E-state index >= 15 is 0 Å². The number of carbonyl (C=O) groups excluding carboxylic acids is 1. The van der Waals surface area contributed by atoms with E-state index in [0.717, 1.165) is 35.3 Å². The molecule has 0 saturated carbocycles. The summed E-state index contributed by atoms with van der Waals surface area (Å²) in [6.45, 7) is 6.37. The van der Waals surface area contributed by atoms with Crippen LogP contribution in [0.15, 0.2) is 62.7 Å². The number of nitrogens with zero attached hydrogens (tertiary/aromatic N) is 7. The van der Waals surface area contributed by atoms with Crippen molar-refractivity contribution in [1.29, 1.82) is 0 Å². The molecule has 3 heterocycles. The van der Waals surface area contributed by atoms with E-state index in [2.05, 4.69) is 48.7 Å². The molecular formula is C23H26N8O2S3. The highest BCUT2D eigenvalue weighted by Gasteiger charge is 2.19. The third-order valence-corrected chi connectivity index (χ3v) is 7.76. The van der Waals surface area contributed by atoms with E-state index in [1.807, 2.05) is 43.4 Å². The molecule has 0 fully saturated rings. The summed E-state index contributed by atoms with van der Waals surface area (Å²) in [6.07, 6.45) is 1.62. The van der Waals surface area contributed by atoms with Crippen LogP contribution in [0.4, 0.5) is 5.13 Å². The average Bonchev–Trinajstić information content (AvgIpc) is 3.47. The zero-order valence-electron chi connectivity index (χ0n) is 20.3. The van der Waals surface area contributed by atoms with Gasteiger partial charge in [-0.05, 0) is 68.7 Å². The van der Waals surface area contributed by atoms with Gasteiger partial charge in [-0.3, -0.25) is 10.1 Å². The second kappa shape index (κ2) is 12.3. The fraction of sp³-hybridized carbons (Fsp3) is 0.304. The van der Waals surface area contributed by atoms with Gasteiger partial charge in [0.05, 0.1) is 0 Å². The summed E-state index contributed by atoms with van der Waals surface area (Å²) in [5.41, 5.74) is 0.294. The highest BCUT2D eigenvalue weighted by atomic mass is 32.2. The normalized spacial score (nSPS) is 11.1. The predicted molar refractivity (Wildman–Crippen MR) is 141 cm³/mol. The molecule has 0 radical (unpaired) electrons. The molecule has 0 spiro atoms. The maximum Gasteiger partial charge on any atom is 0.277 e. The largest absolute Gasteiger partial charge is 0.492 e. The topological polar surface area (TPSA) is 111 Å². The minimum atomic E-state index is -0.353. The molecule has 10 nitrogen and oxygen atoms in total. The third kappa shape index (κ3) is 7.03. The Morgan fingerprint density at radius 2 is 1.97 bits per heavy atom. The molecule has 4 aromatic rings. The van der Waals surface area contributed by atoms with Gasteiger partial charge in [0.15, 0.2) is 5.16 Å². The number of nitrogens with one attached hydrogen (secondary N) is 1. The number of aryl methyl sites for hydroxylation is 2. The molecule has 3 aromatic heterocycles. The molecule has 1 N–H and O–H groups in total. The standard InChI is InChI=1S/C23H26N8O2S3/c1-5-30(3)12-13-33-16-6-8-17(9-7-16)34-18-10-11-19(35-23-28-24-14-31(23)4)26-20(18)21(32)27-22-25-15(2)29-36-22/h6-11,14H,5,12-13H2,1-4H3,(H,25,27,29,32). The van der Waals surface area contributed by atoms with Crippen molar-refractivity contribution >= 4 is 46.1 Å². The fourth-order valence-electron chi connectivity index (χ4n) is 2.90. The highest BCUT2D eigenvalue weighted by Crippen LogP contribution is 2.34. The summed E-state index contributed by atoms with van der Waals surface area (Å²) < 4.78 is 11.8. The van der Waals surface area contributed by atoms with Crippen molar-refractivity contribution in [2.45, 2.75) is 33.8 Å². The van der Waals surface area contributed by atoms with E-state index in [0.29, 0.717) is 38.3 Å². The first-order valence-electron chi connectivity index (χ1n) is 11.1. The summed E-state index contributed by atoms with van der Waals surface area (Å²) in [5, 5.41) is 12.5. The van der Waals surface area contributed by atoms with Gasteiger partial charge in [-0.25, -0.2) is 9.97 Å². The van der Waals surface area contributed by atoms with E-state index in [1.165, 1.54) is 23.5 Å². The van der Waals surface area contributed by atoms with Crippen molar-refractivity contribution in [2.75, 3.05) is 32.1 Å². The second-order valence-electron chi connectivity index (χ2n) is 7.74. The Morgan fingerprint density at radius 3 is 2.64 bits per heavy atom. The minimum Gasteiger partial charge on any atom is -0.492 e. The van der Waals surface area contributed by atoms with Crippen LogP contribution in [0.2, 0.25) is 0 Å². The predicted octanol–water partition coefficient (Wildman–Crippen LogP) is 4.26. The SMILES string of the molecule is CCN(C)CCOc1ccc(Sc2ccc(Sc3nncn3C)nc2C(=O)Nc2nc(C)ns2)cc1. The summed E-state index contributed by atoms with van der Waals surface area (Å²) in [4.78, 5) is 25.9. The van der Waals surface area contributed by atoms with Crippen molar-refractivity contribution in [1.82, 2.24) is 34.0 Å². The van der Waals surface area contributed by atoms with Crippen LogP contribution in [0.5, 0.6) is 5.75 Å². The molecule has 0 aliphatic rings. The lowest BCUT2D eigenvalue weighted by Gasteiger charge is -2.14. The molecule has 0 unspecified atom stereocenters. The van der Waals surface area contributed by atoms with E-state index in [-0.39, 0.29) is 5.91 Å². The monoisotopic (exact) mass is 542 g/mol. The molecule has 1 amide bonds. The van der Waals surface area contributed by atoms with Crippen LogP contribution in [0.3, 0.4) is 0 Å². The number of rotatable bonds is 11. The van der Waals surface area contributed by atoms with Crippen molar-refractivity contribution in [3.63, 3.8) is 0 Å². The average molecular weight is 543 g/mol. The number of anilines is 1. The number of pyridine rings is 1. The Hall–Kier alpha value is -3.00. The minimum absolute atomic E-state index is 0.294. The number of hydrogen-bond acceptors (Lipinski definition) is 11. The lowest BCUT2D eigenvalue weighted by molar-refractivity contribution is 0.101. The number of aromatic nitrogens is 6. The second-order valence-corrected chi connectivity index (χ2v) is 10.6. The van der Waals surface area contributed by atoms with E-state index in [1.54, 1.807) is 17.8 Å². The lowest BCUT2D eigenvalue weighted by atomic mass is 10.3. The van der Waals surface area contributed by atoms with Crippen molar-refractivity contribution < 1.29 is 9.53 Å². The van der Waals surface area contributed by atoms with Crippen LogP contribution in [0.25, 0.3) is 0 Å². The van der Waals surface area contributed by atoms with Gasteiger partial charge in [0.2, 0.25) is 5.13 Å². The molecule has 13 heteroatoms. The van der Waals surface area contributed by atoms with Gasteiger partial charge < -0.3 is 14.2 Å². The first-order chi connectivity index (χ1) is 17.4. The molecule has 0 atom stereocenters. The van der Waals surface area contributed by atoms with Crippen LogP contribution in [0.1, 0.15) is 23.2 Å². The maximum absolute atomic E-state index is 13.2. The van der Waals surface area contributed by atoms with E-state index in [4.69, 9.17) is 4.74 Å².